The maximum atomic E-state index is 5.95. The van der Waals surface area contributed by atoms with Gasteiger partial charge >= 0.3 is 0 Å². The molecule has 1 unspecified atom stereocenters. The molecule has 14 heavy (non-hydrogen) atoms. The average molecular weight is 211 g/mol. The monoisotopic (exact) mass is 211 g/mol. The van der Waals surface area contributed by atoms with Crippen LogP contribution < -0.4 is 10.6 Å². The van der Waals surface area contributed by atoms with Crippen molar-refractivity contribution in [1.82, 2.24) is 4.98 Å². The summed E-state index contributed by atoms with van der Waals surface area (Å²) in [6.45, 7) is 2.04. The molecule has 1 aliphatic carbocycles. The normalized spacial score (nSPS) is 18.3. The fourth-order valence-corrected chi connectivity index (χ4v) is 2.52. The Labute approximate surface area is 88.9 Å². The van der Waals surface area contributed by atoms with Gasteiger partial charge in [-0.05, 0) is 19.8 Å². The number of nitrogens with zero attached hydrogens (tertiary/aromatic N) is 2. The van der Waals surface area contributed by atoms with Gasteiger partial charge in [0.15, 0.2) is 5.13 Å². The molecule has 78 valence electrons. The highest BCUT2D eigenvalue weighted by molar-refractivity contribution is 7.15. The Bertz CT molecular complexity index is 307. The van der Waals surface area contributed by atoms with E-state index in [0.717, 1.165) is 5.13 Å². The van der Waals surface area contributed by atoms with E-state index in [1.165, 1.54) is 23.4 Å². The summed E-state index contributed by atoms with van der Waals surface area (Å²) in [5.41, 5.74) is 7.20. The molecule has 0 amide bonds. The second-order valence-corrected chi connectivity index (χ2v) is 5.21. The summed E-state index contributed by atoms with van der Waals surface area (Å²) in [5.74, 6) is 0.695. The van der Waals surface area contributed by atoms with Gasteiger partial charge in [0.25, 0.3) is 0 Å². The van der Waals surface area contributed by atoms with Crippen LogP contribution in [0.4, 0.5) is 5.13 Å². The van der Waals surface area contributed by atoms with E-state index in [1.54, 1.807) is 11.3 Å². The fraction of sp³-hybridized carbons (Fsp3) is 0.700. The lowest BCUT2D eigenvalue weighted by molar-refractivity contribution is 0.810. The molecule has 0 bridgehead atoms. The summed E-state index contributed by atoms with van der Waals surface area (Å²) in [6.07, 6.45) is 2.58. The SMILES string of the molecule is CC(N)c1sc(N(C)C)nc1C1CC1. The van der Waals surface area contributed by atoms with Crippen molar-refractivity contribution in [2.24, 2.45) is 5.73 Å². The highest BCUT2D eigenvalue weighted by atomic mass is 32.1. The maximum absolute atomic E-state index is 5.95. The first-order valence-electron chi connectivity index (χ1n) is 5.03. The molecular weight excluding hydrogens is 194 g/mol. The number of nitrogens with two attached hydrogens (primary N) is 1. The average Bonchev–Trinajstić information content (AvgIpc) is 2.83. The lowest BCUT2D eigenvalue weighted by Crippen LogP contribution is -2.07. The second-order valence-electron chi connectivity index (χ2n) is 4.20. The van der Waals surface area contributed by atoms with Gasteiger partial charge in [-0.2, -0.15) is 0 Å². The largest absolute Gasteiger partial charge is 0.354 e. The molecule has 1 saturated carbocycles. The third-order valence-corrected chi connectivity index (χ3v) is 3.87. The molecule has 0 spiro atoms. The molecule has 1 aromatic heterocycles. The topological polar surface area (TPSA) is 42.1 Å². The fourth-order valence-electron chi connectivity index (χ4n) is 1.50. The Balaban J connectivity index is 2.35. The van der Waals surface area contributed by atoms with Crippen LogP contribution in [0.5, 0.6) is 0 Å². The zero-order valence-corrected chi connectivity index (χ0v) is 9.77. The van der Waals surface area contributed by atoms with Crippen molar-refractivity contribution < 1.29 is 0 Å². The minimum absolute atomic E-state index is 0.122. The molecule has 3 nitrogen and oxygen atoms in total. The van der Waals surface area contributed by atoms with E-state index >= 15 is 0 Å². The first kappa shape index (κ1) is 9.93. The molecule has 2 N–H and O–H groups in total. The minimum atomic E-state index is 0.122. The van der Waals surface area contributed by atoms with Crippen LogP contribution in [0.1, 0.15) is 42.3 Å². The molecule has 1 aliphatic rings. The van der Waals surface area contributed by atoms with Crippen LogP contribution in [0, 0.1) is 0 Å². The Morgan fingerprint density at radius 2 is 2.14 bits per heavy atom. The number of hydrogen-bond acceptors (Lipinski definition) is 4. The van der Waals surface area contributed by atoms with E-state index in [0.29, 0.717) is 5.92 Å². The molecule has 4 heteroatoms. The molecule has 0 aliphatic heterocycles. The van der Waals surface area contributed by atoms with Gasteiger partial charge in [-0.15, -0.1) is 11.3 Å². The minimum Gasteiger partial charge on any atom is -0.354 e. The van der Waals surface area contributed by atoms with Crippen molar-refractivity contribution in [3.63, 3.8) is 0 Å². The Morgan fingerprint density at radius 3 is 2.57 bits per heavy atom. The van der Waals surface area contributed by atoms with Crippen LogP contribution in [0.25, 0.3) is 0 Å². The van der Waals surface area contributed by atoms with Crippen LogP contribution >= 0.6 is 11.3 Å². The smallest absolute Gasteiger partial charge is 0.185 e. The summed E-state index contributed by atoms with van der Waals surface area (Å²) in [5, 5.41) is 1.08. The lowest BCUT2D eigenvalue weighted by atomic mass is 10.2. The number of thiazole rings is 1. The molecule has 1 atom stereocenters. The maximum Gasteiger partial charge on any atom is 0.185 e. The van der Waals surface area contributed by atoms with Gasteiger partial charge < -0.3 is 10.6 Å². The Kier molecular flexibility index (Phi) is 2.49. The summed E-state index contributed by atoms with van der Waals surface area (Å²) in [7, 11) is 4.06. The van der Waals surface area contributed by atoms with Crippen molar-refractivity contribution in [3.8, 4) is 0 Å². The number of anilines is 1. The quantitative estimate of drug-likeness (QED) is 0.832. The number of rotatable bonds is 3. The predicted molar refractivity (Wildman–Crippen MR) is 61.0 cm³/mol. The molecule has 1 heterocycles. The van der Waals surface area contributed by atoms with Crippen LogP contribution in [0.2, 0.25) is 0 Å². The van der Waals surface area contributed by atoms with E-state index in [-0.39, 0.29) is 6.04 Å². The van der Waals surface area contributed by atoms with E-state index in [4.69, 9.17) is 5.73 Å². The van der Waals surface area contributed by atoms with E-state index < -0.39 is 0 Å². The van der Waals surface area contributed by atoms with Crippen molar-refractivity contribution in [1.29, 1.82) is 0 Å². The highest BCUT2D eigenvalue weighted by Gasteiger charge is 2.30. The Hall–Kier alpha value is -0.610. The molecule has 0 aromatic carbocycles. The third kappa shape index (κ3) is 1.77. The van der Waals surface area contributed by atoms with E-state index in [1.807, 2.05) is 21.0 Å². The molecule has 1 fully saturated rings. The summed E-state index contributed by atoms with van der Waals surface area (Å²) in [6, 6.07) is 0.122. The molecular formula is C10H17N3S. The van der Waals surface area contributed by atoms with E-state index in [9.17, 15) is 0 Å². The molecule has 0 radical (unpaired) electrons. The summed E-state index contributed by atoms with van der Waals surface area (Å²) >= 11 is 1.73. The van der Waals surface area contributed by atoms with Gasteiger partial charge in [0.05, 0.1) is 5.69 Å². The summed E-state index contributed by atoms with van der Waals surface area (Å²) in [4.78, 5) is 7.99. The highest BCUT2D eigenvalue weighted by Crippen LogP contribution is 2.45. The Morgan fingerprint density at radius 1 is 1.50 bits per heavy atom. The van der Waals surface area contributed by atoms with Gasteiger partial charge in [0.2, 0.25) is 0 Å². The standard InChI is InChI=1S/C10H17N3S/c1-6(11)9-8(7-4-5-7)12-10(14-9)13(2)3/h6-7H,4-5,11H2,1-3H3. The number of aromatic nitrogens is 1. The third-order valence-electron chi connectivity index (χ3n) is 2.43. The van der Waals surface area contributed by atoms with Gasteiger partial charge in [-0.25, -0.2) is 4.98 Å². The van der Waals surface area contributed by atoms with Crippen molar-refractivity contribution in [2.75, 3.05) is 19.0 Å². The second kappa shape index (κ2) is 3.51. The first-order valence-corrected chi connectivity index (χ1v) is 5.84. The van der Waals surface area contributed by atoms with Crippen molar-refractivity contribution >= 4 is 16.5 Å². The van der Waals surface area contributed by atoms with Crippen molar-refractivity contribution in [2.45, 2.75) is 31.7 Å². The first-order chi connectivity index (χ1) is 6.59. The molecule has 1 aromatic rings. The zero-order valence-electron chi connectivity index (χ0n) is 8.95. The van der Waals surface area contributed by atoms with Gasteiger partial charge in [0.1, 0.15) is 0 Å². The van der Waals surface area contributed by atoms with Gasteiger partial charge in [-0.3, -0.25) is 0 Å². The van der Waals surface area contributed by atoms with Crippen LogP contribution in [-0.4, -0.2) is 19.1 Å². The van der Waals surface area contributed by atoms with Gasteiger partial charge in [0, 0.05) is 30.9 Å². The van der Waals surface area contributed by atoms with Crippen LogP contribution in [-0.2, 0) is 0 Å². The molecule has 2 rings (SSSR count). The van der Waals surface area contributed by atoms with Crippen molar-refractivity contribution in [3.05, 3.63) is 10.6 Å². The van der Waals surface area contributed by atoms with Gasteiger partial charge in [-0.1, -0.05) is 0 Å². The van der Waals surface area contributed by atoms with E-state index in [2.05, 4.69) is 9.88 Å². The predicted octanol–water partition coefficient (Wildman–Crippen LogP) is 2.11. The lowest BCUT2D eigenvalue weighted by Gasteiger charge is -2.05. The zero-order chi connectivity index (χ0) is 10.3. The van der Waals surface area contributed by atoms with Crippen LogP contribution in [0.3, 0.4) is 0 Å². The summed E-state index contributed by atoms with van der Waals surface area (Å²) < 4.78 is 0. The molecule has 0 saturated heterocycles. The van der Waals surface area contributed by atoms with Crippen LogP contribution in [0.15, 0.2) is 0 Å². The number of hydrogen-bond donors (Lipinski definition) is 1.